The molecule has 0 saturated heterocycles. The molecule has 1 aromatic carbocycles. The fourth-order valence-corrected chi connectivity index (χ4v) is 2.74. The van der Waals surface area contributed by atoms with E-state index in [0.717, 1.165) is 39.7 Å². The Morgan fingerprint density at radius 3 is 2.53 bits per heavy atom. The largest absolute Gasteiger partial charge is 0.346 e. The summed E-state index contributed by atoms with van der Waals surface area (Å²) in [6, 6.07) is 8.25. The topological polar surface area (TPSA) is 28.7 Å². The lowest BCUT2D eigenvalue weighted by molar-refractivity contribution is 0.830. The van der Waals surface area contributed by atoms with E-state index in [1.165, 1.54) is 5.56 Å². The minimum Gasteiger partial charge on any atom is -0.346 e. The number of aromatic nitrogens is 2. The highest BCUT2D eigenvalue weighted by molar-refractivity contribution is 9.10. The Hall–Kier alpha value is -0.520. The fourth-order valence-electron chi connectivity index (χ4n) is 1.86. The average Bonchev–Trinajstić information content (AvgIpc) is 2.38. The van der Waals surface area contributed by atoms with Gasteiger partial charge in [0.15, 0.2) is 0 Å². The van der Waals surface area contributed by atoms with E-state index in [2.05, 4.69) is 60.9 Å². The molecule has 2 nitrogen and oxygen atoms in total. The quantitative estimate of drug-likeness (QED) is 0.712. The van der Waals surface area contributed by atoms with Crippen LogP contribution in [-0.4, -0.2) is 9.97 Å². The van der Waals surface area contributed by atoms with Gasteiger partial charge in [-0.25, -0.2) is 4.98 Å². The van der Waals surface area contributed by atoms with Crippen molar-refractivity contribution >= 4 is 44.1 Å². The third-order valence-electron chi connectivity index (χ3n) is 2.77. The number of halogens is 2. The summed E-state index contributed by atoms with van der Waals surface area (Å²) in [7, 11) is 0. The zero-order chi connectivity index (χ0) is 13.8. The lowest BCUT2D eigenvalue weighted by atomic mass is 10.1. The smallest absolute Gasteiger partial charge is 0.144 e. The van der Waals surface area contributed by atoms with Crippen LogP contribution in [0.2, 0.25) is 0 Å². The summed E-state index contributed by atoms with van der Waals surface area (Å²) < 4.78 is 2.64. The first kappa shape index (κ1) is 14.9. The summed E-state index contributed by atoms with van der Waals surface area (Å²) in [5, 5.41) is 0. The zero-order valence-corrected chi connectivity index (χ0v) is 14.5. The molecule has 1 aromatic heterocycles. The normalized spacial score (nSPS) is 10.7. The van der Waals surface area contributed by atoms with Crippen LogP contribution in [0.4, 0.5) is 0 Å². The van der Waals surface area contributed by atoms with Crippen LogP contribution in [-0.2, 0) is 12.8 Å². The second-order valence-electron chi connectivity index (χ2n) is 4.33. The number of H-pyrrole nitrogens is 1. The van der Waals surface area contributed by atoms with Crippen LogP contribution >= 0.6 is 44.1 Å². The first-order chi connectivity index (χ1) is 9.10. The second kappa shape index (κ2) is 6.77. The lowest BCUT2D eigenvalue weighted by Gasteiger charge is -2.08. The molecular weight excluding hydrogens is 388 g/mol. The van der Waals surface area contributed by atoms with E-state index in [-0.39, 0.29) is 0 Å². The molecular formula is C14H14Br2N2S. The van der Waals surface area contributed by atoms with Crippen molar-refractivity contribution in [1.82, 2.24) is 9.97 Å². The summed E-state index contributed by atoms with van der Waals surface area (Å²) in [6.45, 7) is 2.15. The Bertz CT molecular complexity index is 620. The van der Waals surface area contributed by atoms with Gasteiger partial charge in [0, 0.05) is 16.6 Å². The number of aryl methyl sites for hydroxylation is 1. The molecule has 1 heterocycles. The SMILES string of the molecule is CCCc1[nH]c(Cc2ccc(Br)cc2)nc(=S)c1Br. The van der Waals surface area contributed by atoms with Gasteiger partial charge < -0.3 is 4.98 Å². The van der Waals surface area contributed by atoms with Gasteiger partial charge >= 0.3 is 0 Å². The summed E-state index contributed by atoms with van der Waals surface area (Å²) in [5.41, 5.74) is 2.35. The molecule has 0 bridgehead atoms. The minimum atomic E-state index is 0.634. The first-order valence-electron chi connectivity index (χ1n) is 6.12. The van der Waals surface area contributed by atoms with Crippen LogP contribution in [0.3, 0.4) is 0 Å². The van der Waals surface area contributed by atoms with Gasteiger partial charge in [0.05, 0.1) is 4.47 Å². The highest BCUT2D eigenvalue weighted by Gasteiger charge is 2.06. The molecule has 100 valence electrons. The van der Waals surface area contributed by atoms with Gasteiger partial charge in [-0.3, -0.25) is 0 Å². The van der Waals surface area contributed by atoms with Crippen molar-refractivity contribution in [1.29, 1.82) is 0 Å². The molecule has 0 spiro atoms. The molecule has 0 atom stereocenters. The van der Waals surface area contributed by atoms with Crippen molar-refractivity contribution in [2.24, 2.45) is 0 Å². The van der Waals surface area contributed by atoms with Crippen LogP contribution in [0.5, 0.6) is 0 Å². The highest BCUT2D eigenvalue weighted by Crippen LogP contribution is 2.19. The maximum absolute atomic E-state index is 5.29. The minimum absolute atomic E-state index is 0.634. The van der Waals surface area contributed by atoms with Crippen LogP contribution < -0.4 is 0 Å². The molecule has 0 aliphatic heterocycles. The molecule has 0 fully saturated rings. The summed E-state index contributed by atoms with van der Waals surface area (Å²) in [6.07, 6.45) is 2.81. The molecule has 5 heteroatoms. The third kappa shape index (κ3) is 3.97. The van der Waals surface area contributed by atoms with Gasteiger partial charge in [-0.05, 0) is 40.0 Å². The average molecular weight is 402 g/mol. The molecule has 1 N–H and O–H groups in total. The predicted molar refractivity (Wildman–Crippen MR) is 88.1 cm³/mol. The molecule has 0 unspecified atom stereocenters. The Balaban J connectivity index is 2.30. The number of rotatable bonds is 4. The highest BCUT2D eigenvalue weighted by atomic mass is 79.9. The Morgan fingerprint density at radius 1 is 1.21 bits per heavy atom. The molecule has 0 amide bonds. The van der Waals surface area contributed by atoms with E-state index >= 15 is 0 Å². The van der Waals surface area contributed by atoms with Gasteiger partial charge in [0.1, 0.15) is 10.5 Å². The number of hydrogen-bond acceptors (Lipinski definition) is 2. The predicted octanol–water partition coefficient (Wildman–Crippen LogP) is 5.21. The molecule has 2 aromatic rings. The first-order valence-corrected chi connectivity index (χ1v) is 8.11. The van der Waals surface area contributed by atoms with Crippen molar-refractivity contribution in [3.8, 4) is 0 Å². The molecule has 0 aliphatic rings. The summed E-state index contributed by atoms with van der Waals surface area (Å²) >= 11 is 12.2. The van der Waals surface area contributed by atoms with Crippen molar-refractivity contribution in [2.45, 2.75) is 26.2 Å². The number of benzene rings is 1. The van der Waals surface area contributed by atoms with Gasteiger partial charge in [-0.2, -0.15) is 0 Å². The van der Waals surface area contributed by atoms with Gasteiger partial charge in [-0.15, -0.1) is 0 Å². The van der Waals surface area contributed by atoms with Crippen molar-refractivity contribution < 1.29 is 0 Å². The van der Waals surface area contributed by atoms with E-state index in [1.54, 1.807) is 0 Å². The maximum Gasteiger partial charge on any atom is 0.144 e. The monoisotopic (exact) mass is 400 g/mol. The van der Waals surface area contributed by atoms with Crippen molar-refractivity contribution in [3.05, 3.63) is 54.9 Å². The summed E-state index contributed by atoms with van der Waals surface area (Å²) in [5.74, 6) is 0.916. The van der Waals surface area contributed by atoms with E-state index in [0.29, 0.717) is 4.64 Å². The van der Waals surface area contributed by atoms with E-state index in [9.17, 15) is 0 Å². The van der Waals surface area contributed by atoms with Crippen LogP contribution in [0.25, 0.3) is 0 Å². The zero-order valence-electron chi connectivity index (χ0n) is 10.5. The Labute approximate surface area is 134 Å². The Kier molecular flexibility index (Phi) is 5.30. The van der Waals surface area contributed by atoms with Crippen LogP contribution in [0, 0.1) is 4.64 Å². The van der Waals surface area contributed by atoms with E-state index < -0.39 is 0 Å². The lowest BCUT2D eigenvalue weighted by Crippen LogP contribution is -2.02. The van der Waals surface area contributed by atoms with Gasteiger partial charge in [0.2, 0.25) is 0 Å². The maximum atomic E-state index is 5.29. The molecule has 0 aliphatic carbocycles. The van der Waals surface area contributed by atoms with E-state index in [1.807, 2.05) is 12.1 Å². The standard InChI is InChI=1S/C14H14Br2N2S/c1-2-3-11-13(16)14(19)18-12(17-11)8-9-4-6-10(15)7-5-9/h4-7H,2-3,8H2,1H3,(H,17,18,19). The second-order valence-corrected chi connectivity index (χ2v) is 6.43. The number of nitrogens with one attached hydrogen (secondary N) is 1. The number of nitrogens with zero attached hydrogens (tertiary/aromatic N) is 1. The molecule has 19 heavy (non-hydrogen) atoms. The van der Waals surface area contributed by atoms with Crippen molar-refractivity contribution in [3.63, 3.8) is 0 Å². The van der Waals surface area contributed by atoms with Crippen LogP contribution in [0.15, 0.2) is 33.2 Å². The molecule has 2 rings (SSSR count). The molecule has 0 saturated carbocycles. The number of hydrogen-bond donors (Lipinski definition) is 1. The third-order valence-corrected chi connectivity index (χ3v) is 4.71. The van der Waals surface area contributed by atoms with Crippen LogP contribution in [0.1, 0.15) is 30.4 Å². The summed E-state index contributed by atoms with van der Waals surface area (Å²) in [4.78, 5) is 7.82. The van der Waals surface area contributed by atoms with Gasteiger partial charge in [-0.1, -0.05) is 53.6 Å². The van der Waals surface area contributed by atoms with Crippen molar-refractivity contribution in [2.75, 3.05) is 0 Å². The fraction of sp³-hybridized carbons (Fsp3) is 0.286. The van der Waals surface area contributed by atoms with E-state index in [4.69, 9.17) is 12.2 Å². The molecule has 0 radical (unpaired) electrons. The van der Waals surface area contributed by atoms with Gasteiger partial charge in [0.25, 0.3) is 0 Å². The Morgan fingerprint density at radius 2 is 1.89 bits per heavy atom. The number of aromatic amines is 1.